The number of benzene rings is 2. The van der Waals surface area contributed by atoms with E-state index in [9.17, 15) is 0 Å². The van der Waals surface area contributed by atoms with Crippen LogP contribution in [0.25, 0.3) is 0 Å². The summed E-state index contributed by atoms with van der Waals surface area (Å²) < 4.78 is 0. The molecule has 0 spiro atoms. The lowest BCUT2D eigenvalue weighted by molar-refractivity contribution is 1.12. The molecule has 2 aromatic carbocycles. The highest BCUT2D eigenvalue weighted by atomic mass is 15.4. The molecule has 0 heterocycles. The molecular formula is C16H16N4. The lowest BCUT2D eigenvalue weighted by atomic mass is 10.1. The fourth-order valence-electron chi connectivity index (χ4n) is 1.83. The van der Waals surface area contributed by atoms with Crippen LogP contribution < -0.4 is 10.9 Å². The molecule has 0 saturated heterocycles. The normalized spacial score (nSPS) is 10.8. The van der Waals surface area contributed by atoms with Crippen molar-refractivity contribution in [3.05, 3.63) is 59.7 Å². The van der Waals surface area contributed by atoms with E-state index in [-0.39, 0.29) is 5.84 Å². The second kappa shape index (κ2) is 6.39. The Kier molecular flexibility index (Phi) is 4.35. The van der Waals surface area contributed by atoms with Crippen molar-refractivity contribution >= 4 is 17.2 Å². The Bertz CT molecular complexity index is 634. The van der Waals surface area contributed by atoms with E-state index in [1.54, 1.807) is 0 Å². The van der Waals surface area contributed by atoms with Crippen LogP contribution in [-0.2, 0) is 0 Å². The molecule has 0 aliphatic heterocycles. The van der Waals surface area contributed by atoms with Crippen LogP contribution in [0.4, 0.5) is 11.4 Å². The minimum atomic E-state index is 0.228. The van der Waals surface area contributed by atoms with E-state index in [1.165, 1.54) is 0 Å². The van der Waals surface area contributed by atoms with Crippen molar-refractivity contribution in [2.45, 2.75) is 13.8 Å². The van der Waals surface area contributed by atoms with Gasteiger partial charge in [0.05, 0.1) is 11.4 Å². The standard InChI is InChI=1S/C16H16N4/c1-12-7-6-8-13(2)16(12)18-15(11-17)20-19-14-9-4-3-5-10-14/h3-10,19H,1-2H3,(H,18,20). The number of hydrazine groups is 1. The molecule has 20 heavy (non-hydrogen) atoms. The zero-order valence-corrected chi connectivity index (χ0v) is 11.5. The van der Waals surface area contributed by atoms with E-state index >= 15 is 0 Å². The predicted molar refractivity (Wildman–Crippen MR) is 81.8 cm³/mol. The van der Waals surface area contributed by atoms with Gasteiger partial charge < -0.3 is 0 Å². The number of para-hydroxylation sites is 2. The van der Waals surface area contributed by atoms with Crippen LogP contribution in [0, 0.1) is 25.2 Å². The Morgan fingerprint density at radius 3 is 2.25 bits per heavy atom. The van der Waals surface area contributed by atoms with Crippen LogP contribution in [0.1, 0.15) is 11.1 Å². The van der Waals surface area contributed by atoms with Crippen molar-refractivity contribution in [2.75, 3.05) is 5.43 Å². The number of nitriles is 1. The van der Waals surface area contributed by atoms with Crippen LogP contribution in [0.2, 0.25) is 0 Å². The van der Waals surface area contributed by atoms with E-state index in [0.29, 0.717) is 0 Å². The van der Waals surface area contributed by atoms with Crippen LogP contribution in [0.5, 0.6) is 0 Å². The van der Waals surface area contributed by atoms with E-state index < -0.39 is 0 Å². The topological polar surface area (TPSA) is 60.2 Å². The molecule has 4 heteroatoms. The summed E-state index contributed by atoms with van der Waals surface area (Å²) in [5.41, 5.74) is 9.56. The summed E-state index contributed by atoms with van der Waals surface area (Å²) in [5.74, 6) is 0.228. The highest BCUT2D eigenvalue weighted by Crippen LogP contribution is 2.22. The number of amidine groups is 1. The van der Waals surface area contributed by atoms with Gasteiger partial charge in [-0.05, 0) is 37.1 Å². The van der Waals surface area contributed by atoms with Gasteiger partial charge in [-0.15, -0.1) is 0 Å². The monoisotopic (exact) mass is 264 g/mol. The molecule has 4 nitrogen and oxygen atoms in total. The molecule has 2 N–H and O–H groups in total. The van der Waals surface area contributed by atoms with Crippen LogP contribution in [0.15, 0.2) is 53.5 Å². The maximum Gasteiger partial charge on any atom is 0.225 e. The van der Waals surface area contributed by atoms with Crippen molar-refractivity contribution in [2.24, 2.45) is 4.99 Å². The number of nitrogens with zero attached hydrogens (tertiary/aromatic N) is 2. The van der Waals surface area contributed by atoms with Crippen molar-refractivity contribution in [1.82, 2.24) is 5.43 Å². The summed E-state index contributed by atoms with van der Waals surface area (Å²) in [5, 5.41) is 9.16. The van der Waals surface area contributed by atoms with Gasteiger partial charge in [-0.1, -0.05) is 36.4 Å². The van der Waals surface area contributed by atoms with Crippen molar-refractivity contribution in [3.63, 3.8) is 0 Å². The number of hydrogen-bond acceptors (Lipinski definition) is 3. The molecule has 2 rings (SSSR count). The fourth-order valence-corrected chi connectivity index (χ4v) is 1.83. The van der Waals surface area contributed by atoms with E-state index in [2.05, 4.69) is 21.9 Å². The molecule has 0 bridgehead atoms. The molecule has 0 saturated carbocycles. The Morgan fingerprint density at radius 2 is 1.65 bits per heavy atom. The number of hydrogen-bond donors (Lipinski definition) is 2. The van der Waals surface area contributed by atoms with E-state index in [0.717, 1.165) is 22.5 Å². The van der Waals surface area contributed by atoms with Crippen molar-refractivity contribution < 1.29 is 0 Å². The molecule has 0 aromatic heterocycles. The summed E-state index contributed by atoms with van der Waals surface area (Å²) in [6, 6.07) is 17.6. The fraction of sp³-hybridized carbons (Fsp3) is 0.125. The molecule has 0 fully saturated rings. The van der Waals surface area contributed by atoms with Crippen molar-refractivity contribution in [3.8, 4) is 6.07 Å². The first-order chi connectivity index (χ1) is 9.70. The summed E-state index contributed by atoms with van der Waals surface area (Å²) in [4.78, 5) is 4.37. The number of anilines is 1. The highest BCUT2D eigenvalue weighted by molar-refractivity contribution is 5.99. The number of aryl methyl sites for hydroxylation is 2. The zero-order chi connectivity index (χ0) is 14.4. The third kappa shape index (κ3) is 3.36. The van der Waals surface area contributed by atoms with Gasteiger partial charge in [0.2, 0.25) is 5.84 Å². The zero-order valence-electron chi connectivity index (χ0n) is 11.5. The van der Waals surface area contributed by atoms with Gasteiger partial charge in [0.1, 0.15) is 6.07 Å². The van der Waals surface area contributed by atoms with E-state index in [4.69, 9.17) is 5.26 Å². The first-order valence-corrected chi connectivity index (χ1v) is 6.33. The molecule has 0 aliphatic rings. The first-order valence-electron chi connectivity index (χ1n) is 6.33. The molecule has 0 radical (unpaired) electrons. The Morgan fingerprint density at radius 1 is 1.00 bits per heavy atom. The van der Waals surface area contributed by atoms with Gasteiger partial charge in [-0.2, -0.15) is 5.26 Å². The predicted octanol–water partition coefficient (Wildman–Crippen LogP) is 3.47. The smallest absolute Gasteiger partial charge is 0.225 e. The van der Waals surface area contributed by atoms with Gasteiger partial charge in [0.15, 0.2) is 0 Å². The SMILES string of the molecule is Cc1cccc(C)c1N=C(C#N)NNc1ccccc1. The molecule has 100 valence electrons. The van der Waals surface area contributed by atoms with E-state index in [1.807, 2.05) is 62.4 Å². The highest BCUT2D eigenvalue weighted by Gasteiger charge is 2.03. The van der Waals surface area contributed by atoms with Crippen LogP contribution in [0.3, 0.4) is 0 Å². The number of rotatable bonds is 3. The quantitative estimate of drug-likeness (QED) is 0.507. The number of aliphatic imine (C=N–C) groups is 1. The molecule has 2 aromatic rings. The molecule has 0 unspecified atom stereocenters. The Balaban J connectivity index is 2.16. The third-order valence-electron chi connectivity index (χ3n) is 2.87. The van der Waals surface area contributed by atoms with Gasteiger partial charge in [0.25, 0.3) is 0 Å². The largest absolute Gasteiger partial charge is 0.299 e. The van der Waals surface area contributed by atoms with Crippen LogP contribution >= 0.6 is 0 Å². The van der Waals surface area contributed by atoms with Crippen molar-refractivity contribution in [1.29, 1.82) is 5.26 Å². The Hall–Kier alpha value is -2.80. The Labute approximate surface area is 118 Å². The summed E-state index contributed by atoms with van der Waals surface area (Å²) >= 11 is 0. The molecule has 0 aliphatic carbocycles. The first kappa shape index (κ1) is 13.6. The van der Waals surface area contributed by atoms with Gasteiger partial charge in [-0.25, -0.2) is 4.99 Å². The second-order valence-corrected chi connectivity index (χ2v) is 4.43. The molecule has 0 atom stereocenters. The van der Waals surface area contributed by atoms with Crippen LogP contribution in [-0.4, -0.2) is 5.84 Å². The lowest BCUT2D eigenvalue weighted by Crippen LogP contribution is -2.28. The van der Waals surface area contributed by atoms with Gasteiger partial charge >= 0.3 is 0 Å². The molecular weight excluding hydrogens is 248 g/mol. The average Bonchev–Trinajstić information content (AvgIpc) is 2.47. The average molecular weight is 264 g/mol. The maximum absolute atomic E-state index is 9.16. The lowest BCUT2D eigenvalue weighted by Gasteiger charge is -2.09. The minimum absolute atomic E-state index is 0.228. The summed E-state index contributed by atoms with van der Waals surface area (Å²) in [6.45, 7) is 3.96. The second-order valence-electron chi connectivity index (χ2n) is 4.43. The van der Waals surface area contributed by atoms with Gasteiger partial charge in [0, 0.05) is 0 Å². The summed E-state index contributed by atoms with van der Waals surface area (Å²) in [7, 11) is 0. The van der Waals surface area contributed by atoms with Gasteiger partial charge in [-0.3, -0.25) is 10.9 Å². The minimum Gasteiger partial charge on any atom is -0.299 e. The third-order valence-corrected chi connectivity index (χ3v) is 2.87. The summed E-state index contributed by atoms with van der Waals surface area (Å²) in [6.07, 6.45) is 0. The maximum atomic E-state index is 9.16. The number of nitrogens with one attached hydrogen (secondary N) is 2. The molecule has 0 amide bonds.